The summed E-state index contributed by atoms with van der Waals surface area (Å²) >= 11 is 0. The van der Waals surface area contributed by atoms with Gasteiger partial charge in [-0.05, 0) is 25.2 Å². The number of aromatic nitrogens is 2. The van der Waals surface area contributed by atoms with Crippen molar-refractivity contribution in [1.29, 1.82) is 0 Å². The average Bonchev–Trinajstić information content (AvgIpc) is 2.81. The van der Waals surface area contributed by atoms with Crippen molar-refractivity contribution < 1.29 is 5.11 Å². The second kappa shape index (κ2) is 2.62. The molecule has 0 aliphatic heterocycles. The number of hydrogen-bond acceptors (Lipinski definition) is 3. The first-order chi connectivity index (χ1) is 5.75. The lowest BCUT2D eigenvalue weighted by Crippen LogP contribution is -2.09. The number of aromatic amines is 1. The summed E-state index contributed by atoms with van der Waals surface area (Å²) in [6, 6.07) is 1.44. The Labute approximate surface area is 69.2 Å². The number of hydrogen-bond donors (Lipinski definition) is 2. The molecule has 0 radical (unpaired) electrons. The van der Waals surface area contributed by atoms with Crippen molar-refractivity contribution in [3.63, 3.8) is 0 Å². The molecule has 4 heteroatoms. The number of nitrogens with one attached hydrogen (secondary N) is 1. The van der Waals surface area contributed by atoms with E-state index < -0.39 is 5.56 Å². The zero-order valence-corrected chi connectivity index (χ0v) is 6.58. The van der Waals surface area contributed by atoms with Crippen LogP contribution in [-0.2, 0) is 6.42 Å². The zero-order chi connectivity index (χ0) is 8.55. The fourth-order valence-corrected chi connectivity index (χ4v) is 1.16. The highest BCUT2D eigenvalue weighted by atomic mass is 16.3. The van der Waals surface area contributed by atoms with Crippen LogP contribution in [0.3, 0.4) is 0 Å². The van der Waals surface area contributed by atoms with Crippen molar-refractivity contribution in [3.8, 4) is 5.75 Å². The summed E-state index contributed by atoms with van der Waals surface area (Å²) in [5.41, 5.74) is 0.254. The maximum Gasteiger partial charge on any atom is 0.306 e. The molecule has 1 aliphatic carbocycles. The standard InChI is InChI=1S/C8H10N2O2/c11-7-4-6(3-5-1-2-5)9-10-8(7)12/h4-5H,1-3H2,(H,9,11)(H,10,12). The number of H-pyrrole nitrogens is 1. The first-order valence-corrected chi connectivity index (χ1v) is 4.03. The van der Waals surface area contributed by atoms with Crippen molar-refractivity contribution in [1.82, 2.24) is 10.2 Å². The van der Waals surface area contributed by atoms with Crippen LogP contribution in [0.15, 0.2) is 10.9 Å². The molecular weight excluding hydrogens is 156 g/mol. The lowest BCUT2D eigenvalue weighted by atomic mass is 10.2. The van der Waals surface area contributed by atoms with E-state index >= 15 is 0 Å². The van der Waals surface area contributed by atoms with Gasteiger partial charge >= 0.3 is 5.56 Å². The average molecular weight is 166 g/mol. The van der Waals surface area contributed by atoms with Crippen molar-refractivity contribution in [2.45, 2.75) is 19.3 Å². The van der Waals surface area contributed by atoms with Crippen LogP contribution in [-0.4, -0.2) is 15.3 Å². The maximum atomic E-state index is 10.7. The Morgan fingerprint density at radius 3 is 3.00 bits per heavy atom. The molecule has 1 saturated carbocycles. The second-order valence-electron chi connectivity index (χ2n) is 3.22. The summed E-state index contributed by atoms with van der Waals surface area (Å²) in [5.74, 6) is 0.475. The molecular formula is C8H10N2O2. The highest BCUT2D eigenvalue weighted by Crippen LogP contribution is 2.31. The molecule has 64 valence electrons. The van der Waals surface area contributed by atoms with Crippen LogP contribution in [0.1, 0.15) is 18.5 Å². The molecule has 0 amide bonds. The number of rotatable bonds is 2. The molecule has 1 heterocycles. The predicted molar refractivity (Wildman–Crippen MR) is 43.0 cm³/mol. The van der Waals surface area contributed by atoms with Crippen molar-refractivity contribution in [3.05, 3.63) is 22.1 Å². The van der Waals surface area contributed by atoms with E-state index in [1.807, 2.05) is 0 Å². The number of nitrogens with zero attached hydrogens (tertiary/aromatic N) is 1. The summed E-state index contributed by atoms with van der Waals surface area (Å²) in [5, 5.41) is 15.1. The van der Waals surface area contributed by atoms with E-state index in [0.717, 1.165) is 12.1 Å². The fraction of sp³-hybridized carbons (Fsp3) is 0.500. The molecule has 0 spiro atoms. The lowest BCUT2D eigenvalue weighted by molar-refractivity contribution is 0.462. The quantitative estimate of drug-likeness (QED) is 0.669. The van der Waals surface area contributed by atoms with Crippen molar-refractivity contribution in [2.75, 3.05) is 0 Å². The summed E-state index contributed by atoms with van der Waals surface area (Å²) in [4.78, 5) is 10.7. The molecule has 1 aromatic heterocycles. The largest absolute Gasteiger partial charge is 0.503 e. The van der Waals surface area contributed by atoms with Gasteiger partial charge in [-0.15, -0.1) is 0 Å². The minimum Gasteiger partial charge on any atom is -0.503 e. The minimum atomic E-state index is -0.519. The first-order valence-electron chi connectivity index (χ1n) is 4.03. The summed E-state index contributed by atoms with van der Waals surface area (Å²) in [6.45, 7) is 0. The molecule has 1 fully saturated rings. The van der Waals surface area contributed by atoms with E-state index in [1.54, 1.807) is 0 Å². The van der Waals surface area contributed by atoms with Crippen LogP contribution in [0.2, 0.25) is 0 Å². The lowest BCUT2D eigenvalue weighted by Gasteiger charge is -1.96. The van der Waals surface area contributed by atoms with Crippen LogP contribution in [0.5, 0.6) is 5.75 Å². The van der Waals surface area contributed by atoms with Crippen LogP contribution in [0, 0.1) is 5.92 Å². The highest BCUT2D eigenvalue weighted by Gasteiger charge is 2.22. The summed E-state index contributed by atoms with van der Waals surface area (Å²) in [7, 11) is 0. The highest BCUT2D eigenvalue weighted by molar-refractivity contribution is 5.18. The molecule has 4 nitrogen and oxygen atoms in total. The van der Waals surface area contributed by atoms with E-state index in [2.05, 4.69) is 10.2 Å². The van der Waals surface area contributed by atoms with Gasteiger partial charge in [-0.1, -0.05) is 0 Å². The van der Waals surface area contributed by atoms with Gasteiger partial charge in [-0.25, -0.2) is 5.10 Å². The molecule has 1 aliphatic rings. The van der Waals surface area contributed by atoms with Gasteiger partial charge < -0.3 is 5.11 Å². The Hall–Kier alpha value is -1.32. The molecule has 0 aromatic carbocycles. The van der Waals surface area contributed by atoms with Crippen molar-refractivity contribution >= 4 is 0 Å². The van der Waals surface area contributed by atoms with Crippen LogP contribution < -0.4 is 5.56 Å². The topological polar surface area (TPSA) is 66.0 Å². The van der Waals surface area contributed by atoms with Crippen LogP contribution >= 0.6 is 0 Å². The Morgan fingerprint density at radius 2 is 2.42 bits per heavy atom. The molecule has 12 heavy (non-hydrogen) atoms. The first kappa shape index (κ1) is 7.34. The van der Waals surface area contributed by atoms with E-state index in [1.165, 1.54) is 18.9 Å². The number of aromatic hydroxyl groups is 1. The Kier molecular flexibility index (Phi) is 1.60. The zero-order valence-electron chi connectivity index (χ0n) is 6.58. The monoisotopic (exact) mass is 166 g/mol. The third-order valence-electron chi connectivity index (χ3n) is 2.03. The summed E-state index contributed by atoms with van der Waals surface area (Å²) in [6.07, 6.45) is 3.34. The smallest absolute Gasteiger partial charge is 0.306 e. The molecule has 0 saturated heterocycles. The minimum absolute atomic E-state index is 0.236. The molecule has 1 aromatic rings. The van der Waals surface area contributed by atoms with Gasteiger partial charge in [0.1, 0.15) is 0 Å². The third kappa shape index (κ3) is 1.47. The molecule has 0 atom stereocenters. The van der Waals surface area contributed by atoms with Gasteiger partial charge in [0.15, 0.2) is 5.75 Å². The van der Waals surface area contributed by atoms with E-state index in [-0.39, 0.29) is 5.75 Å². The normalized spacial score (nSPS) is 16.3. The fourth-order valence-electron chi connectivity index (χ4n) is 1.16. The Balaban J connectivity index is 2.21. The summed E-state index contributed by atoms with van der Waals surface area (Å²) < 4.78 is 0. The molecule has 2 N–H and O–H groups in total. The molecule has 0 unspecified atom stereocenters. The van der Waals surface area contributed by atoms with Gasteiger partial charge in [0.25, 0.3) is 0 Å². The van der Waals surface area contributed by atoms with Crippen LogP contribution in [0.4, 0.5) is 0 Å². The molecule has 2 rings (SSSR count). The van der Waals surface area contributed by atoms with Crippen molar-refractivity contribution in [2.24, 2.45) is 5.92 Å². The van der Waals surface area contributed by atoms with Gasteiger partial charge in [0.05, 0.1) is 5.69 Å². The molecule has 0 bridgehead atoms. The Morgan fingerprint density at radius 1 is 1.67 bits per heavy atom. The van der Waals surface area contributed by atoms with E-state index in [9.17, 15) is 4.79 Å². The SMILES string of the molecule is O=c1[nH]nc(CC2CC2)cc1O. The van der Waals surface area contributed by atoms with Gasteiger partial charge in [-0.2, -0.15) is 5.10 Å². The van der Waals surface area contributed by atoms with Gasteiger partial charge in [0.2, 0.25) is 0 Å². The Bertz CT molecular complexity index is 341. The van der Waals surface area contributed by atoms with Gasteiger partial charge in [-0.3, -0.25) is 4.79 Å². The van der Waals surface area contributed by atoms with E-state index in [0.29, 0.717) is 5.92 Å². The predicted octanol–water partition coefficient (Wildman–Crippen LogP) is 0.428. The van der Waals surface area contributed by atoms with Crippen LogP contribution in [0.25, 0.3) is 0 Å². The van der Waals surface area contributed by atoms with Gasteiger partial charge in [0, 0.05) is 6.07 Å². The maximum absolute atomic E-state index is 10.7. The second-order valence-corrected chi connectivity index (χ2v) is 3.22. The third-order valence-corrected chi connectivity index (χ3v) is 2.03. The van der Waals surface area contributed by atoms with E-state index in [4.69, 9.17) is 5.11 Å².